The van der Waals surface area contributed by atoms with E-state index in [1.54, 1.807) is 37.3 Å². The molecule has 0 radical (unpaired) electrons. The zero-order valence-electron chi connectivity index (χ0n) is 21.1. The largest absolute Gasteiger partial charge is 0.493 e. The van der Waals surface area contributed by atoms with E-state index >= 15 is 0 Å². The zero-order valence-corrected chi connectivity index (χ0v) is 21.1. The number of non-ortho nitro benzene ring substituents is 1. The molecule has 1 aliphatic heterocycles. The van der Waals surface area contributed by atoms with Crippen molar-refractivity contribution in [3.63, 3.8) is 0 Å². The van der Waals surface area contributed by atoms with Crippen molar-refractivity contribution in [1.29, 1.82) is 0 Å². The van der Waals surface area contributed by atoms with E-state index in [-0.39, 0.29) is 18.2 Å². The van der Waals surface area contributed by atoms with Gasteiger partial charge in [-0.05, 0) is 53.9 Å². The van der Waals surface area contributed by atoms with Crippen molar-refractivity contribution in [2.45, 2.75) is 12.5 Å². The minimum atomic E-state index is -0.484. The van der Waals surface area contributed by atoms with Crippen LogP contribution in [0.3, 0.4) is 0 Å². The topological polar surface area (TPSA) is 110 Å². The first-order valence-corrected chi connectivity index (χ1v) is 11.6. The van der Waals surface area contributed by atoms with Gasteiger partial charge in [0.1, 0.15) is 12.4 Å². The molecule has 0 bridgehead atoms. The van der Waals surface area contributed by atoms with Crippen molar-refractivity contribution in [3.8, 4) is 28.7 Å². The molecule has 1 amide bonds. The first-order valence-electron chi connectivity index (χ1n) is 11.6. The number of para-hydroxylation sites is 1. The maximum absolute atomic E-state index is 13.9. The molecule has 10 heteroatoms. The smallest absolute Gasteiger partial charge is 0.269 e. The van der Waals surface area contributed by atoms with Crippen molar-refractivity contribution in [3.05, 3.63) is 81.4 Å². The lowest BCUT2D eigenvalue weighted by atomic mass is 9.91. The molecule has 0 saturated heterocycles. The van der Waals surface area contributed by atoms with Gasteiger partial charge in [0.25, 0.3) is 11.6 Å². The van der Waals surface area contributed by atoms with Crippen LogP contribution >= 0.6 is 0 Å². The highest BCUT2D eigenvalue weighted by atomic mass is 16.6. The second-order valence-electron chi connectivity index (χ2n) is 8.27. The van der Waals surface area contributed by atoms with Crippen LogP contribution in [0, 0.1) is 10.1 Å². The number of ether oxygens (including phenoxy) is 5. The number of benzene rings is 3. The van der Waals surface area contributed by atoms with E-state index in [0.717, 1.165) is 11.1 Å². The summed E-state index contributed by atoms with van der Waals surface area (Å²) in [6.07, 6.45) is 0.599. The molecule has 0 fully saturated rings. The molecule has 10 nitrogen and oxygen atoms in total. The SMILES string of the molecule is COc1cc2c(cc1OC)[C@H](COc1ccc([N+](=O)[O-])cc1)N(C(=O)c1cccc(OC)c1OC)CC2. The van der Waals surface area contributed by atoms with Gasteiger partial charge in [-0.25, -0.2) is 0 Å². The third-order valence-electron chi connectivity index (χ3n) is 6.35. The monoisotopic (exact) mass is 508 g/mol. The summed E-state index contributed by atoms with van der Waals surface area (Å²) >= 11 is 0. The maximum Gasteiger partial charge on any atom is 0.269 e. The second-order valence-corrected chi connectivity index (χ2v) is 8.27. The van der Waals surface area contributed by atoms with E-state index in [0.29, 0.717) is 47.3 Å². The molecule has 0 aromatic heterocycles. The molecule has 0 aliphatic carbocycles. The molecule has 1 heterocycles. The molecule has 1 aliphatic rings. The first-order chi connectivity index (χ1) is 17.9. The summed E-state index contributed by atoms with van der Waals surface area (Å²) in [4.78, 5) is 26.1. The van der Waals surface area contributed by atoms with Crippen LogP contribution in [0.15, 0.2) is 54.6 Å². The number of carbonyl (C=O) groups excluding carboxylic acids is 1. The van der Waals surface area contributed by atoms with Gasteiger partial charge >= 0.3 is 0 Å². The summed E-state index contributed by atoms with van der Waals surface area (Å²) in [7, 11) is 6.14. The van der Waals surface area contributed by atoms with Crippen LogP contribution in [0.1, 0.15) is 27.5 Å². The van der Waals surface area contributed by atoms with Gasteiger partial charge in [0.05, 0.1) is 45.0 Å². The fourth-order valence-electron chi connectivity index (χ4n) is 4.50. The van der Waals surface area contributed by atoms with Crippen molar-refractivity contribution < 1.29 is 33.4 Å². The minimum Gasteiger partial charge on any atom is -0.493 e. The van der Waals surface area contributed by atoms with E-state index in [1.807, 2.05) is 12.1 Å². The van der Waals surface area contributed by atoms with Crippen molar-refractivity contribution in [2.24, 2.45) is 0 Å². The number of rotatable bonds is 9. The summed E-state index contributed by atoms with van der Waals surface area (Å²) in [6, 6.07) is 14.3. The van der Waals surface area contributed by atoms with Crippen LogP contribution in [-0.2, 0) is 6.42 Å². The number of nitro benzene ring substituents is 1. The molecule has 0 saturated carbocycles. The number of amides is 1. The summed E-state index contributed by atoms with van der Waals surface area (Å²) in [5, 5.41) is 11.0. The van der Waals surface area contributed by atoms with Crippen LogP contribution in [0.5, 0.6) is 28.7 Å². The molecule has 3 aromatic carbocycles. The average molecular weight is 509 g/mol. The number of methoxy groups -OCH3 is 4. The third kappa shape index (κ3) is 5.09. The van der Waals surface area contributed by atoms with Crippen LogP contribution in [0.25, 0.3) is 0 Å². The molecular weight excluding hydrogens is 480 g/mol. The Labute approximate surface area is 214 Å². The van der Waals surface area contributed by atoms with Gasteiger partial charge in [0.2, 0.25) is 0 Å². The number of nitrogens with zero attached hydrogens (tertiary/aromatic N) is 2. The average Bonchev–Trinajstić information content (AvgIpc) is 2.94. The standard InChI is InChI=1S/C27H28N2O8/c1-33-23-7-5-6-20(26(23)36-4)27(30)28-13-12-17-14-24(34-2)25(35-3)15-21(17)22(28)16-37-19-10-8-18(9-11-19)29(31)32/h5-11,14-15,22H,12-13,16H2,1-4H3/t22-/m0/s1. The third-order valence-corrected chi connectivity index (χ3v) is 6.35. The Bertz CT molecular complexity index is 1290. The molecule has 1 atom stereocenters. The summed E-state index contributed by atoms with van der Waals surface area (Å²) in [5.74, 6) is 2.15. The lowest BCUT2D eigenvalue weighted by molar-refractivity contribution is -0.384. The summed E-state index contributed by atoms with van der Waals surface area (Å²) < 4.78 is 27.9. The molecular formula is C27H28N2O8. The highest BCUT2D eigenvalue weighted by molar-refractivity contribution is 5.98. The van der Waals surface area contributed by atoms with Crippen LogP contribution in [-0.4, -0.2) is 57.3 Å². The van der Waals surface area contributed by atoms with E-state index in [1.165, 1.54) is 38.5 Å². The first kappa shape index (κ1) is 25.6. The zero-order chi connectivity index (χ0) is 26.5. The molecule has 0 spiro atoms. The van der Waals surface area contributed by atoms with Gasteiger partial charge in [-0.1, -0.05) is 6.07 Å². The molecule has 194 valence electrons. The number of carbonyl (C=O) groups is 1. The van der Waals surface area contributed by atoms with E-state index in [9.17, 15) is 14.9 Å². The molecule has 3 aromatic rings. The number of fused-ring (bicyclic) bond motifs is 1. The van der Waals surface area contributed by atoms with Gasteiger partial charge < -0.3 is 28.6 Å². The van der Waals surface area contributed by atoms with Gasteiger partial charge in [0.15, 0.2) is 23.0 Å². The lowest BCUT2D eigenvalue weighted by Gasteiger charge is -2.38. The summed E-state index contributed by atoms with van der Waals surface area (Å²) in [5.41, 5.74) is 2.21. The van der Waals surface area contributed by atoms with Crippen molar-refractivity contribution >= 4 is 11.6 Å². The van der Waals surface area contributed by atoms with Crippen LogP contribution < -0.4 is 23.7 Å². The lowest BCUT2D eigenvalue weighted by Crippen LogP contribution is -2.42. The van der Waals surface area contributed by atoms with Crippen molar-refractivity contribution in [2.75, 3.05) is 41.6 Å². The fraction of sp³-hybridized carbons (Fsp3) is 0.296. The van der Waals surface area contributed by atoms with E-state index in [2.05, 4.69) is 0 Å². The van der Waals surface area contributed by atoms with Crippen LogP contribution in [0.4, 0.5) is 5.69 Å². The number of nitro groups is 1. The highest BCUT2D eigenvalue weighted by Crippen LogP contribution is 2.40. The highest BCUT2D eigenvalue weighted by Gasteiger charge is 2.35. The Morgan fingerprint density at radius 1 is 0.946 bits per heavy atom. The van der Waals surface area contributed by atoms with Gasteiger partial charge in [-0.3, -0.25) is 14.9 Å². The quantitative estimate of drug-likeness (QED) is 0.308. The molecule has 4 rings (SSSR count). The fourth-order valence-corrected chi connectivity index (χ4v) is 4.50. The Morgan fingerprint density at radius 3 is 2.24 bits per heavy atom. The molecule has 0 N–H and O–H groups in total. The Balaban J connectivity index is 1.72. The predicted octanol–water partition coefficient (Wildman–Crippen LogP) is 4.45. The van der Waals surface area contributed by atoms with Gasteiger partial charge in [-0.15, -0.1) is 0 Å². The molecule has 37 heavy (non-hydrogen) atoms. The second kappa shape index (κ2) is 11.1. The number of hydrogen-bond acceptors (Lipinski definition) is 8. The molecule has 0 unspecified atom stereocenters. The predicted molar refractivity (Wildman–Crippen MR) is 135 cm³/mol. The Hall–Kier alpha value is -4.47. The van der Waals surface area contributed by atoms with Gasteiger partial charge in [-0.2, -0.15) is 0 Å². The van der Waals surface area contributed by atoms with Crippen LogP contribution in [0.2, 0.25) is 0 Å². The number of hydrogen-bond donors (Lipinski definition) is 0. The van der Waals surface area contributed by atoms with Crippen molar-refractivity contribution in [1.82, 2.24) is 4.90 Å². The minimum absolute atomic E-state index is 0.0332. The van der Waals surface area contributed by atoms with Gasteiger partial charge in [0, 0.05) is 18.7 Å². The Morgan fingerprint density at radius 2 is 1.62 bits per heavy atom. The maximum atomic E-state index is 13.9. The normalized spacial score (nSPS) is 14.4. The van der Waals surface area contributed by atoms with E-state index in [4.69, 9.17) is 23.7 Å². The van der Waals surface area contributed by atoms with E-state index < -0.39 is 11.0 Å². The Kier molecular flexibility index (Phi) is 7.66. The summed E-state index contributed by atoms with van der Waals surface area (Å²) in [6.45, 7) is 0.536.